The van der Waals surface area contributed by atoms with Gasteiger partial charge in [-0.1, -0.05) is 23.7 Å². The van der Waals surface area contributed by atoms with E-state index in [1.54, 1.807) is 24.4 Å². The van der Waals surface area contributed by atoms with Crippen LogP contribution in [0.25, 0.3) is 22.0 Å². The fourth-order valence-electron chi connectivity index (χ4n) is 4.14. The normalized spacial score (nSPS) is 11.4. The Morgan fingerprint density at radius 1 is 1.15 bits per heavy atom. The van der Waals surface area contributed by atoms with Crippen LogP contribution in [0.3, 0.4) is 0 Å². The molecule has 170 valence electrons. The summed E-state index contributed by atoms with van der Waals surface area (Å²) in [5.74, 6) is -0.717. The second-order valence-corrected chi connectivity index (χ2v) is 8.94. The molecular weight excluding hydrogens is 441 g/mol. The van der Waals surface area contributed by atoms with Crippen LogP contribution in [0.1, 0.15) is 47.1 Å². The van der Waals surface area contributed by atoms with Crippen molar-refractivity contribution < 1.29 is 9.18 Å². The van der Waals surface area contributed by atoms with E-state index in [2.05, 4.69) is 10.3 Å². The fourth-order valence-corrected chi connectivity index (χ4v) is 4.45. The Morgan fingerprint density at radius 3 is 2.58 bits per heavy atom. The fraction of sp³-hybridized carbons (Fsp3) is 0.231. The topological polar surface area (TPSA) is 66.9 Å². The van der Waals surface area contributed by atoms with Crippen LogP contribution in [0.15, 0.2) is 53.5 Å². The van der Waals surface area contributed by atoms with Crippen molar-refractivity contribution in [2.75, 3.05) is 0 Å². The number of carbonyl (C=O) groups is 1. The first-order valence-electron chi connectivity index (χ1n) is 10.7. The number of amides is 1. The maximum Gasteiger partial charge on any atom is 0.253 e. The molecule has 2 aromatic carbocycles. The SMILES string of the molecule is Cc1cc(C)c(CNC(=O)c2cc(-c3cccc(F)c3)cc3c2c(Cl)cn3C(C)C)c(=O)[nH]1. The summed E-state index contributed by atoms with van der Waals surface area (Å²) in [7, 11) is 0. The molecular formula is C26H25ClFN3O2. The number of pyridine rings is 1. The number of hydrogen-bond donors (Lipinski definition) is 2. The highest BCUT2D eigenvalue weighted by atomic mass is 35.5. The van der Waals surface area contributed by atoms with Crippen molar-refractivity contribution in [1.29, 1.82) is 0 Å². The van der Waals surface area contributed by atoms with Crippen molar-refractivity contribution in [3.63, 3.8) is 0 Å². The van der Waals surface area contributed by atoms with Crippen LogP contribution >= 0.6 is 11.6 Å². The minimum absolute atomic E-state index is 0.0779. The smallest absolute Gasteiger partial charge is 0.253 e. The van der Waals surface area contributed by atoms with E-state index >= 15 is 0 Å². The minimum Gasteiger partial charge on any atom is -0.348 e. The van der Waals surface area contributed by atoms with Gasteiger partial charge in [0.1, 0.15) is 5.82 Å². The van der Waals surface area contributed by atoms with E-state index in [9.17, 15) is 14.0 Å². The molecule has 0 fully saturated rings. The number of nitrogens with one attached hydrogen (secondary N) is 2. The zero-order valence-electron chi connectivity index (χ0n) is 18.9. The van der Waals surface area contributed by atoms with Gasteiger partial charge in [-0.2, -0.15) is 0 Å². The van der Waals surface area contributed by atoms with Crippen molar-refractivity contribution in [1.82, 2.24) is 14.9 Å². The van der Waals surface area contributed by atoms with Crippen LogP contribution in [-0.2, 0) is 6.54 Å². The van der Waals surface area contributed by atoms with Crippen LogP contribution in [0, 0.1) is 19.7 Å². The molecule has 0 bridgehead atoms. The predicted octanol–water partition coefficient (Wildman–Crippen LogP) is 5.92. The zero-order valence-corrected chi connectivity index (χ0v) is 19.7. The summed E-state index contributed by atoms with van der Waals surface area (Å²) >= 11 is 6.56. The summed E-state index contributed by atoms with van der Waals surface area (Å²) in [6.45, 7) is 7.78. The predicted molar refractivity (Wildman–Crippen MR) is 130 cm³/mol. The number of aryl methyl sites for hydroxylation is 2. The number of aromatic amines is 1. The van der Waals surface area contributed by atoms with E-state index in [-0.39, 0.29) is 29.9 Å². The molecule has 5 nitrogen and oxygen atoms in total. The van der Waals surface area contributed by atoms with Gasteiger partial charge in [0.25, 0.3) is 11.5 Å². The number of halogens is 2. The molecule has 4 rings (SSSR count). The number of carbonyl (C=O) groups excluding carboxylic acids is 1. The summed E-state index contributed by atoms with van der Waals surface area (Å²) in [4.78, 5) is 28.5. The van der Waals surface area contributed by atoms with E-state index in [0.717, 1.165) is 16.8 Å². The van der Waals surface area contributed by atoms with Crippen LogP contribution < -0.4 is 10.9 Å². The van der Waals surface area contributed by atoms with E-state index in [1.807, 2.05) is 44.4 Å². The molecule has 0 spiro atoms. The lowest BCUT2D eigenvalue weighted by atomic mass is 9.99. The Morgan fingerprint density at radius 2 is 1.91 bits per heavy atom. The number of fused-ring (bicyclic) bond motifs is 1. The summed E-state index contributed by atoms with van der Waals surface area (Å²) in [5.41, 5.74) is 4.35. The van der Waals surface area contributed by atoms with Gasteiger partial charge in [-0.05, 0) is 74.7 Å². The molecule has 0 atom stereocenters. The van der Waals surface area contributed by atoms with Crippen LogP contribution in [-0.4, -0.2) is 15.5 Å². The first-order valence-corrected chi connectivity index (χ1v) is 11.1. The van der Waals surface area contributed by atoms with E-state index in [0.29, 0.717) is 32.7 Å². The molecule has 7 heteroatoms. The molecule has 0 saturated carbocycles. The molecule has 0 aliphatic carbocycles. The molecule has 33 heavy (non-hydrogen) atoms. The van der Waals surface area contributed by atoms with Crippen LogP contribution in [0.5, 0.6) is 0 Å². The number of hydrogen-bond acceptors (Lipinski definition) is 2. The van der Waals surface area contributed by atoms with Crippen LogP contribution in [0.4, 0.5) is 4.39 Å². The Bertz CT molecular complexity index is 1440. The molecule has 0 aliphatic heterocycles. The van der Waals surface area contributed by atoms with Crippen LogP contribution in [0.2, 0.25) is 5.02 Å². The molecule has 2 aromatic heterocycles. The Labute approximate surface area is 196 Å². The van der Waals surface area contributed by atoms with Crippen molar-refractivity contribution in [3.8, 4) is 11.1 Å². The molecule has 2 heterocycles. The number of rotatable bonds is 5. The first-order chi connectivity index (χ1) is 15.7. The number of benzene rings is 2. The molecule has 4 aromatic rings. The summed E-state index contributed by atoms with van der Waals surface area (Å²) in [5, 5.41) is 3.94. The van der Waals surface area contributed by atoms with E-state index < -0.39 is 0 Å². The van der Waals surface area contributed by atoms with Gasteiger partial charge in [0.2, 0.25) is 0 Å². The van der Waals surface area contributed by atoms with Gasteiger partial charge in [0.15, 0.2) is 0 Å². The molecule has 0 aliphatic rings. The highest BCUT2D eigenvalue weighted by molar-refractivity contribution is 6.37. The number of aromatic nitrogens is 2. The van der Waals surface area contributed by atoms with Gasteiger partial charge < -0.3 is 14.9 Å². The maximum absolute atomic E-state index is 13.9. The molecule has 1 amide bonds. The van der Waals surface area contributed by atoms with Gasteiger partial charge in [0.05, 0.1) is 16.1 Å². The zero-order chi connectivity index (χ0) is 23.9. The second kappa shape index (κ2) is 8.87. The third kappa shape index (κ3) is 4.44. The van der Waals surface area contributed by atoms with Gasteiger partial charge in [-0.15, -0.1) is 0 Å². The summed E-state index contributed by atoms with van der Waals surface area (Å²) < 4.78 is 15.9. The average Bonchev–Trinajstić information content (AvgIpc) is 3.09. The third-order valence-electron chi connectivity index (χ3n) is 5.77. The lowest BCUT2D eigenvalue weighted by Gasteiger charge is -2.14. The number of nitrogens with zero attached hydrogens (tertiary/aromatic N) is 1. The first kappa shape index (κ1) is 22.8. The molecule has 0 radical (unpaired) electrons. The molecule has 0 unspecified atom stereocenters. The monoisotopic (exact) mass is 465 g/mol. The summed E-state index contributed by atoms with van der Waals surface area (Å²) in [6.07, 6.45) is 1.80. The number of H-pyrrole nitrogens is 1. The second-order valence-electron chi connectivity index (χ2n) is 8.53. The summed E-state index contributed by atoms with van der Waals surface area (Å²) in [6, 6.07) is 11.9. The Kier molecular flexibility index (Phi) is 6.13. The van der Waals surface area contributed by atoms with Gasteiger partial charge >= 0.3 is 0 Å². The third-order valence-corrected chi connectivity index (χ3v) is 6.05. The van der Waals surface area contributed by atoms with Crippen molar-refractivity contribution in [2.24, 2.45) is 0 Å². The average molecular weight is 466 g/mol. The van der Waals surface area contributed by atoms with Crippen molar-refractivity contribution in [3.05, 3.63) is 92.2 Å². The van der Waals surface area contributed by atoms with Crippen molar-refractivity contribution in [2.45, 2.75) is 40.3 Å². The van der Waals surface area contributed by atoms with Gasteiger partial charge in [0, 0.05) is 35.4 Å². The van der Waals surface area contributed by atoms with Gasteiger partial charge in [-0.3, -0.25) is 9.59 Å². The lowest BCUT2D eigenvalue weighted by molar-refractivity contribution is 0.0952. The largest absolute Gasteiger partial charge is 0.348 e. The van der Waals surface area contributed by atoms with E-state index in [4.69, 9.17) is 11.6 Å². The van der Waals surface area contributed by atoms with Crippen molar-refractivity contribution >= 4 is 28.4 Å². The Hall–Kier alpha value is -3.38. The minimum atomic E-state index is -0.360. The standard InChI is InChI=1S/C26H25ClFN3O2/c1-14(2)31-13-22(27)24-20(10-18(11-23(24)31)17-6-5-7-19(28)9-17)25(32)29-12-21-15(3)8-16(4)30-26(21)33/h5-11,13-14H,12H2,1-4H3,(H,29,32)(H,30,33). The van der Waals surface area contributed by atoms with Gasteiger partial charge in [-0.25, -0.2) is 4.39 Å². The quantitative estimate of drug-likeness (QED) is 0.384. The molecule has 2 N–H and O–H groups in total. The highest BCUT2D eigenvalue weighted by Gasteiger charge is 2.20. The highest BCUT2D eigenvalue weighted by Crippen LogP contribution is 2.35. The van der Waals surface area contributed by atoms with E-state index in [1.165, 1.54) is 12.1 Å². The molecule has 0 saturated heterocycles. The Balaban J connectivity index is 1.82. The lowest BCUT2D eigenvalue weighted by Crippen LogP contribution is -2.28. The maximum atomic E-state index is 13.9.